The van der Waals surface area contributed by atoms with E-state index in [1.807, 2.05) is 36.4 Å². The summed E-state index contributed by atoms with van der Waals surface area (Å²) in [5.74, 6) is 2.02. The van der Waals surface area contributed by atoms with Crippen molar-refractivity contribution in [1.29, 1.82) is 0 Å². The second kappa shape index (κ2) is 12.9. The molecule has 1 fully saturated rings. The molecule has 8 nitrogen and oxygen atoms in total. The van der Waals surface area contributed by atoms with Crippen molar-refractivity contribution >= 4 is 29.0 Å². The number of halogens is 1. The minimum Gasteiger partial charge on any atom is -0.495 e. The Hall–Kier alpha value is -2.84. The van der Waals surface area contributed by atoms with E-state index < -0.39 is 0 Å². The zero-order valence-corrected chi connectivity index (χ0v) is 23.0. The van der Waals surface area contributed by atoms with Gasteiger partial charge in [0.25, 0.3) is 0 Å². The van der Waals surface area contributed by atoms with Gasteiger partial charge in [-0.05, 0) is 58.0 Å². The SMILES string of the molecule is COc1ccc(NC(=O)N2CCN(c3cc(Cl)ccc3OC)CC2)cc1OCCN(C(C)C)C(C)C. The van der Waals surface area contributed by atoms with Crippen LogP contribution in [0.3, 0.4) is 0 Å². The average molecular weight is 519 g/mol. The van der Waals surface area contributed by atoms with Crippen LogP contribution in [0.5, 0.6) is 17.2 Å². The van der Waals surface area contributed by atoms with Crippen LogP contribution in [0.2, 0.25) is 5.02 Å². The monoisotopic (exact) mass is 518 g/mol. The number of nitrogens with one attached hydrogen (secondary N) is 1. The number of carbonyl (C=O) groups excluding carboxylic acids is 1. The first-order valence-corrected chi connectivity index (χ1v) is 12.8. The summed E-state index contributed by atoms with van der Waals surface area (Å²) in [5, 5.41) is 3.66. The van der Waals surface area contributed by atoms with Crippen LogP contribution in [0.4, 0.5) is 16.2 Å². The summed E-state index contributed by atoms with van der Waals surface area (Å²) in [6.07, 6.45) is 0. The highest BCUT2D eigenvalue weighted by Gasteiger charge is 2.24. The van der Waals surface area contributed by atoms with Crippen molar-refractivity contribution in [2.24, 2.45) is 0 Å². The summed E-state index contributed by atoms with van der Waals surface area (Å²) in [5.41, 5.74) is 1.61. The second-order valence-electron chi connectivity index (χ2n) is 9.36. The molecule has 1 saturated heterocycles. The van der Waals surface area contributed by atoms with Gasteiger partial charge >= 0.3 is 6.03 Å². The lowest BCUT2D eigenvalue weighted by molar-refractivity contribution is 0.140. The maximum Gasteiger partial charge on any atom is 0.321 e. The molecule has 1 aliphatic heterocycles. The highest BCUT2D eigenvalue weighted by atomic mass is 35.5. The Labute approximate surface area is 220 Å². The molecule has 0 saturated carbocycles. The third kappa shape index (κ3) is 7.11. The first-order valence-electron chi connectivity index (χ1n) is 12.4. The normalized spacial score (nSPS) is 13.9. The number of methoxy groups -OCH3 is 2. The summed E-state index contributed by atoms with van der Waals surface area (Å²) < 4.78 is 17.0. The lowest BCUT2D eigenvalue weighted by Crippen LogP contribution is -2.50. The molecule has 0 atom stereocenters. The summed E-state index contributed by atoms with van der Waals surface area (Å²) in [6, 6.07) is 11.8. The molecular weight excluding hydrogens is 480 g/mol. The van der Waals surface area contributed by atoms with Gasteiger partial charge in [-0.3, -0.25) is 4.90 Å². The first kappa shape index (κ1) is 27.7. The van der Waals surface area contributed by atoms with Gasteiger partial charge in [0.05, 0.1) is 19.9 Å². The molecule has 0 aromatic heterocycles. The van der Waals surface area contributed by atoms with Gasteiger partial charge in [0.2, 0.25) is 0 Å². The number of benzene rings is 2. The Kier molecular flexibility index (Phi) is 9.96. The minimum atomic E-state index is -0.144. The van der Waals surface area contributed by atoms with E-state index in [2.05, 4.69) is 42.8 Å². The number of hydrogen-bond acceptors (Lipinski definition) is 6. The lowest BCUT2D eigenvalue weighted by atomic mass is 10.2. The highest BCUT2D eigenvalue weighted by molar-refractivity contribution is 6.30. The van der Waals surface area contributed by atoms with Gasteiger partial charge in [0.1, 0.15) is 12.4 Å². The molecule has 0 bridgehead atoms. The summed E-state index contributed by atoms with van der Waals surface area (Å²) in [6.45, 7) is 12.6. The van der Waals surface area contributed by atoms with Crippen LogP contribution in [-0.2, 0) is 0 Å². The number of anilines is 2. The Balaban J connectivity index is 1.58. The van der Waals surface area contributed by atoms with Crippen molar-refractivity contribution in [3.63, 3.8) is 0 Å². The lowest BCUT2D eigenvalue weighted by Gasteiger charge is -2.36. The van der Waals surface area contributed by atoms with Crippen LogP contribution in [0.1, 0.15) is 27.7 Å². The number of piperazine rings is 1. The van der Waals surface area contributed by atoms with E-state index in [1.165, 1.54) is 0 Å². The maximum atomic E-state index is 13.0. The number of carbonyl (C=O) groups is 1. The van der Waals surface area contributed by atoms with Crippen LogP contribution in [0.15, 0.2) is 36.4 Å². The van der Waals surface area contributed by atoms with Crippen molar-refractivity contribution in [3.05, 3.63) is 41.4 Å². The summed E-state index contributed by atoms with van der Waals surface area (Å²) in [7, 11) is 3.26. The van der Waals surface area contributed by atoms with Gasteiger partial charge in [0.15, 0.2) is 11.5 Å². The fourth-order valence-corrected chi connectivity index (χ4v) is 4.67. The quantitative estimate of drug-likeness (QED) is 0.466. The summed E-state index contributed by atoms with van der Waals surface area (Å²) in [4.78, 5) is 19.3. The maximum absolute atomic E-state index is 13.0. The Morgan fingerprint density at radius 1 is 0.944 bits per heavy atom. The van der Waals surface area contributed by atoms with Crippen molar-refractivity contribution in [3.8, 4) is 17.2 Å². The van der Waals surface area contributed by atoms with Crippen molar-refractivity contribution < 1.29 is 19.0 Å². The molecular formula is C27H39ClN4O4. The van der Waals surface area contributed by atoms with Crippen LogP contribution in [0.25, 0.3) is 0 Å². The molecule has 1 aliphatic rings. The van der Waals surface area contributed by atoms with Gasteiger partial charge in [-0.15, -0.1) is 0 Å². The van der Waals surface area contributed by atoms with Gasteiger partial charge in [0, 0.05) is 61.6 Å². The fraction of sp³-hybridized carbons (Fsp3) is 0.519. The number of nitrogens with zero attached hydrogens (tertiary/aromatic N) is 3. The fourth-order valence-electron chi connectivity index (χ4n) is 4.50. The molecule has 2 aromatic carbocycles. The second-order valence-corrected chi connectivity index (χ2v) is 9.80. The van der Waals surface area contributed by atoms with Gasteiger partial charge in [-0.1, -0.05) is 11.6 Å². The van der Waals surface area contributed by atoms with E-state index in [1.54, 1.807) is 19.1 Å². The molecule has 3 rings (SSSR count). The van der Waals surface area contributed by atoms with Crippen LogP contribution >= 0.6 is 11.6 Å². The summed E-state index contributed by atoms with van der Waals surface area (Å²) >= 11 is 6.19. The molecule has 0 spiro atoms. The van der Waals surface area contributed by atoms with Gasteiger partial charge < -0.3 is 29.3 Å². The number of rotatable bonds is 10. The predicted octanol–water partition coefficient (Wildman–Crippen LogP) is 5.21. The number of amides is 2. The molecule has 198 valence electrons. The number of hydrogen-bond donors (Lipinski definition) is 1. The van der Waals surface area contributed by atoms with E-state index in [9.17, 15) is 4.79 Å². The van der Waals surface area contributed by atoms with Crippen LogP contribution < -0.4 is 24.4 Å². The highest BCUT2D eigenvalue weighted by Crippen LogP contribution is 2.33. The number of urea groups is 1. The van der Waals surface area contributed by atoms with E-state index in [0.717, 1.165) is 18.0 Å². The molecule has 2 amide bonds. The molecule has 36 heavy (non-hydrogen) atoms. The molecule has 1 heterocycles. The van der Waals surface area contributed by atoms with Crippen molar-refractivity contribution in [2.75, 3.05) is 63.8 Å². The topological polar surface area (TPSA) is 66.5 Å². The van der Waals surface area contributed by atoms with E-state index in [4.69, 9.17) is 25.8 Å². The largest absolute Gasteiger partial charge is 0.495 e. The van der Waals surface area contributed by atoms with Crippen molar-refractivity contribution in [2.45, 2.75) is 39.8 Å². The Bertz CT molecular complexity index is 1000. The predicted molar refractivity (Wildman–Crippen MR) is 146 cm³/mol. The molecule has 9 heteroatoms. The van der Waals surface area contributed by atoms with E-state index in [-0.39, 0.29) is 6.03 Å². The van der Waals surface area contributed by atoms with Gasteiger partial charge in [-0.2, -0.15) is 0 Å². The molecule has 0 unspecified atom stereocenters. The molecule has 0 aliphatic carbocycles. The minimum absolute atomic E-state index is 0.144. The standard InChI is InChI=1S/C27H39ClN4O4/c1-19(2)32(20(3)4)15-16-36-26-18-22(8-10-25(26)35-6)29-27(33)31-13-11-30(12-14-31)23-17-21(28)7-9-24(23)34-5/h7-10,17-20H,11-16H2,1-6H3,(H,29,33). The third-order valence-corrected chi connectivity index (χ3v) is 6.63. The average Bonchev–Trinajstić information content (AvgIpc) is 2.86. The molecule has 1 N–H and O–H groups in total. The first-order chi connectivity index (χ1) is 17.2. The van der Waals surface area contributed by atoms with Gasteiger partial charge in [-0.25, -0.2) is 4.79 Å². The third-order valence-electron chi connectivity index (χ3n) is 6.40. The number of ether oxygens (including phenoxy) is 3. The van der Waals surface area contributed by atoms with Crippen molar-refractivity contribution in [1.82, 2.24) is 9.80 Å². The smallest absolute Gasteiger partial charge is 0.321 e. The Morgan fingerprint density at radius 3 is 2.19 bits per heavy atom. The Morgan fingerprint density at radius 2 is 1.58 bits per heavy atom. The van der Waals surface area contributed by atoms with E-state index >= 15 is 0 Å². The van der Waals surface area contributed by atoms with E-state index in [0.29, 0.717) is 67.1 Å². The molecule has 0 radical (unpaired) electrons. The zero-order valence-electron chi connectivity index (χ0n) is 22.2. The van der Waals surface area contributed by atoms with Crippen LogP contribution in [-0.4, -0.2) is 81.5 Å². The zero-order chi connectivity index (χ0) is 26.2. The molecule has 2 aromatic rings. The van der Waals surface area contributed by atoms with Crippen LogP contribution in [0, 0.1) is 0 Å².